The van der Waals surface area contributed by atoms with Crippen molar-refractivity contribution in [1.82, 2.24) is 29.2 Å². The molecule has 3 aromatic heterocycles. The van der Waals surface area contributed by atoms with Gasteiger partial charge in [-0.25, -0.2) is 22.6 Å². The lowest BCUT2D eigenvalue weighted by molar-refractivity contribution is 0.0940. The Hall–Kier alpha value is -3.48. The number of halogens is 1. The number of rotatable bonds is 7. The number of fused-ring (bicyclic) bond motifs is 2. The number of hydrogen-bond acceptors (Lipinski definition) is 7. The van der Waals surface area contributed by atoms with Crippen LogP contribution in [0.1, 0.15) is 29.0 Å². The van der Waals surface area contributed by atoms with Crippen molar-refractivity contribution in [1.29, 1.82) is 0 Å². The molecule has 4 N–H and O–H groups in total. The van der Waals surface area contributed by atoms with Gasteiger partial charge in [0.25, 0.3) is 11.5 Å². The summed E-state index contributed by atoms with van der Waals surface area (Å²) >= 11 is 6.26. The topological polar surface area (TPSA) is 153 Å². The number of hydrogen-bond donors (Lipinski definition) is 3. The van der Waals surface area contributed by atoms with Crippen LogP contribution in [0.2, 0.25) is 5.02 Å². The number of nitrogen functional groups attached to an aromatic ring is 1. The number of anilines is 1. The molecule has 0 aliphatic heterocycles. The number of aromatic nitrogens is 4. The van der Waals surface area contributed by atoms with Gasteiger partial charge < -0.3 is 15.6 Å². The summed E-state index contributed by atoms with van der Waals surface area (Å²) in [5.41, 5.74) is 6.28. The number of nitrogens with zero attached hydrogens (tertiary/aromatic N) is 4. The van der Waals surface area contributed by atoms with E-state index in [-0.39, 0.29) is 39.7 Å². The minimum absolute atomic E-state index is 0.00574. The Morgan fingerprint density at radius 3 is 2.79 bits per heavy atom. The maximum absolute atomic E-state index is 13.3. The van der Waals surface area contributed by atoms with Crippen LogP contribution in [0.3, 0.4) is 0 Å². The molecule has 34 heavy (non-hydrogen) atoms. The van der Waals surface area contributed by atoms with Crippen molar-refractivity contribution in [3.8, 4) is 0 Å². The average molecular weight is 504 g/mol. The smallest absolute Gasteiger partial charge is 0.260 e. The van der Waals surface area contributed by atoms with E-state index >= 15 is 0 Å². The molecule has 4 rings (SSSR count). The number of pyridine rings is 1. The lowest BCUT2D eigenvalue weighted by atomic mass is 10.1. The first-order chi connectivity index (χ1) is 16.1. The first kappa shape index (κ1) is 23.7. The fraction of sp³-hybridized carbons (Fsp3) is 0.238. The highest BCUT2D eigenvalue weighted by molar-refractivity contribution is 7.89. The van der Waals surface area contributed by atoms with Gasteiger partial charge in [0.15, 0.2) is 11.5 Å². The SMILES string of the molecule is CNS(=O)(=O)CCn1c(C(C)NC(=O)c2c(N)nn3cccnc23)cc2cccc(Cl)c2c1=O. The molecule has 13 heteroatoms. The van der Waals surface area contributed by atoms with E-state index in [0.717, 1.165) is 0 Å². The first-order valence-corrected chi connectivity index (χ1v) is 12.3. The minimum atomic E-state index is -3.59. The number of benzene rings is 1. The second kappa shape index (κ2) is 9.05. The molecule has 0 saturated heterocycles. The summed E-state index contributed by atoms with van der Waals surface area (Å²) in [7, 11) is -2.30. The highest BCUT2D eigenvalue weighted by atomic mass is 35.5. The van der Waals surface area contributed by atoms with E-state index in [4.69, 9.17) is 17.3 Å². The largest absolute Gasteiger partial charge is 0.381 e. The molecule has 4 aromatic rings. The third-order valence-corrected chi connectivity index (χ3v) is 7.11. The van der Waals surface area contributed by atoms with Gasteiger partial charge in [-0.1, -0.05) is 23.7 Å². The lowest BCUT2D eigenvalue weighted by Crippen LogP contribution is -2.35. The van der Waals surface area contributed by atoms with Gasteiger partial charge in [-0.2, -0.15) is 0 Å². The monoisotopic (exact) mass is 503 g/mol. The summed E-state index contributed by atoms with van der Waals surface area (Å²) in [5, 5.41) is 8.00. The van der Waals surface area contributed by atoms with E-state index in [0.29, 0.717) is 11.1 Å². The van der Waals surface area contributed by atoms with Crippen molar-refractivity contribution in [2.24, 2.45) is 0 Å². The van der Waals surface area contributed by atoms with Crippen LogP contribution in [-0.4, -0.2) is 46.3 Å². The summed E-state index contributed by atoms with van der Waals surface area (Å²) in [6.45, 7) is 1.54. The first-order valence-electron chi connectivity index (χ1n) is 10.3. The van der Waals surface area contributed by atoms with Crippen LogP contribution >= 0.6 is 11.6 Å². The third-order valence-electron chi connectivity index (χ3n) is 5.46. The summed E-state index contributed by atoms with van der Waals surface area (Å²) in [6, 6.07) is 7.69. The summed E-state index contributed by atoms with van der Waals surface area (Å²) in [5.74, 6) is -0.865. The van der Waals surface area contributed by atoms with Gasteiger partial charge in [0.2, 0.25) is 10.0 Å². The molecule has 0 aliphatic rings. The molecule has 178 valence electrons. The summed E-state index contributed by atoms with van der Waals surface area (Å²) in [4.78, 5) is 30.6. The molecular weight excluding hydrogens is 482 g/mol. The van der Waals surface area contributed by atoms with Crippen LogP contribution in [0, 0.1) is 0 Å². The van der Waals surface area contributed by atoms with Crippen molar-refractivity contribution in [3.05, 3.63) is 69.4 Å². The second-order valence-electron chi connectivity index (χ2n) is 7.60. The highest BCUT2D eigenvalue weighted by Gasteiger charge is 2.24. The number of nitrogens with one attached hydrogen (secondary N) is 2. The summed E-state index contributed by atoms with van der Waals surface area (Å²) < 4.78 is 29.0. The van der Waals surface area contributed by atoms with Gasteiger partial charge in [0, 0.05) is 24.6 Å². The Kier molecular flexibility index (Phi) is 6.30. The van der Waals surface area contributed by atoms with E-state index < -0.39 is 27.5 Å². The number of sulfonamides is 1. The fourth-order valence-corrected chi connectivity index (χ4v) is 4.63. The van der Waals surface area contributed by atoms with E-state index in [1.165, 1.54) is 22.3 Å². The van der Waals surface area contributed by atoms with Crippen LogP contribution in [0.5, 0.6) is 0 Å². The predicted octanol–water partition coefficient (Wildman–Crippen LogP) is 1.32. The van der Waals surface area contributed by atoms with Crippen molar-refractivity contribution in [3.63, 3.8) is 0 Å². The highest BCUT2D eigenvalue weighted by Crippen LogP contribution is 2.24. The molecule has 0 spiro atoms. The molecule has 0 fully saturated rings. The standard InChI is InChI=1S/C21H22ClN7O4S/c1-12(26-20(30)17-18(23)27-29-8-4-7-25-19(17)29)15-11-13-5-3-6-14(22)16(13)21(31)28(15)9-10-34(32,33)24-2/h3-8,11-12,24H,9-10H2,1-2H3,(H2,23,27)(H,26,30). The lowest BCUT2D eigenvalue weighted by Gasteiger charge is -2.21. The molecule has 1 amide bonds. The minimum Gasteiger partial charge on any atom is -0.381 e. The molecule has 1 aromatic carbocycles. The van der Waals surface area contributed by atoms with E-state index in [1.54, 1.807) is 43.5 Å². The van der Waals surface area contributed by atoms with Crippen LogP contribution in [0.15, 0.2) is 47.5 Å². The Morgan fingerprint density at radius 1 is 1.29 bits per heavy atom. The molecule has 0 bridgehead atoms. The van der Waals surface area contributed by atoms with Crippen LogP contribution in [0.25, 0.3) is 16.4 Å². The molecule has 1 unspecified atom stereocenters. The molecule has 0 saturated carbocycles. The van der Waals surface area contributed by atoms with Crippen LogP contribution < -0.4 is 21.3 Å². The number of nitrogens with two attached hydrogens (primary N) is 1. The number of carbonyl (C=O) groups is 1. The Balaban J connectivity index is 1.77. The molecule has 3 heterocycles. The van der Waals surface area contributed by atoms with Gasteiger partial charge in [-0.05, 0) is 37.6 Å². The third kappa shape index (κ3) is 4.34. The number of carbonyl (C=O) groups excluding carboxylic acids is 1. The molecular formula is C21H22ClN7O4S. The van der Waals surface area contributed by atoms with Gasteiger partial charge in [-0.15, -0.1) is 5.10 Å². The normalized spacial score (nSPS) is 12.8. The van der Waals surface area contributed by atoms with Crippen LogP contribution in [0.4, 0.5) is 5.82 Å². The van der Waals surface area contributed by atoms with Gasteiger partial charge in [-0.3, -0.25) is 9.59 Å². The van der Waals surface area contributed by atoms with E-state index in [2.05, 4.69) is 20.1 Å². The Bertz CT molecular complexity index is 1580. The van der Waals surface area contributed by atoms with Gasteiger partial charge in [0.1, 0.15) is 5.56 Å². The molecule has 1 atom stereocenters. The summed E-state index contributed by atoms with van der Waals surface area (Å²) in [6.07, 6.45) is 3.13. The zero-order valence-electron chi connectivity index (χ0n) is 18.3. The average Bonchev–Trinajstić information content (AvgIpc) is 3.13. The van der Waals surface area contributed by atoms with E-state index in [1.807, 2.05) is 0 Å². The number of amides is 1. The van der Waals surface area contributed by atoms with Crippen molar-refractivity contribution in [2.45, 2.75) is 19.5 Å². The van der Waals surface area contributed by atoms with Gasteiger partial charge >= 0.3 is 0 Å². The van der Waals surface area contributed by atoms with Gasteiger partial charge in [0.05, 0.1) is 22.2 Å². The molecule has 11 nitrogen and oxygen atoms in total. The molecule has 0 aliphatic carbocycles. The van der Waals surface area contributed by atoms with Crippen molar-refractivity contribution >= 4 is 49.8 Å². The van der Waals surface area contributed by atoms with Crippen molar-refractivity contribution in [2.75, 3.05) is 18.5 Å². The maximum atomic E-state index is 13.3. The Labute approximate surface area is 199 Å². The zero-order valence-corrected chi connectivity index (χ0v) is 19.9. The fourth-order valence-electron chi connectivity index (χ4n) is 3.74. The second-order valence-corrected chi connectivity index (χ2v) is 10.0. The molecule has 0 radical (unpaired) electrons. The van der Waals surface area contributed by atoms with Crippen molar-refractivity contribution < 1.29 is 13.2 Å². The van der Waals surface area contributed by atoms with Crippen LogP contribution in [-0.2, 0) is 16.6 Å². The maximum Gasteiger partial charge on any atom is 0.260 e. The van der Waals surface area contributed by atoms with E-state index in [9.17, 15) is 18.0 Å². The Morgan fingerprint density at radius 2 is 2.06 bits per heavy atom. The zero-order chi connectivity index (χ0) is 24.6. The predicted molar refractivity (Wildman–Crippen MR) is 129 cm³/mol. The quantitative estimate of drug-likeness (QED) is 0.343.